The first kappa shape index (κ1) is 44.8. The van der Waals surface area contributed by atoms with E-state index in [9.17, 15) is 34.5 Å². The third-order valence-corrected chi connectivity index (χ3v) is 10.6. The Morgan fingerprint density at radius 1 is 0.945 bits per heavy atom. The molecule has 0 radical (unpaired) electrons. The second-order valence-electron chi connectivity index (χ2n) is 15.7. The molecule has 6 bridgehead atoms. The average Bonchev–Trinajstić information content (AvgIpc) is 3.11. The fraction of sp³-hybridized carbons (Fsp3) is 0.800. The zero-order valence-corrected chi connectivity index (χ0v) is 33.0. The van der Waals surface area contributed by atoms with E-state index in [0.717, 1.165) is 31.8 Å². The van der Waals surface area contributed by atoms with Gasteiger partial charge in [-0.3, -0.25) is 14.4 Å². The quantitative estimate of drug-likeness (QED) is 0.0947. The van der Waals surface area contributed by atoms with Gasteiger partial charge in [0.05, 0.1) is 57.3 Å². The molecule has 0 spiro atoms. The first-order valence-corrected chi connectivity index (χ1v) is 19.8. The fourth-order valence-electron chi connectivity index (χ4n) is 7.75. The molecule has 15 nitrogen and oxygen atoms in total. The second-order valence-corrected chi connectivity index (χ2v) is 15.7. The Morgan fingerprint density at radius 3 is 2.36 bits per heavy atom. The predicted octanol–water partition coefficient (Wildman–Crippen LogP) is 3.87. The van der Waals surface area contributed by atoms with Crippen molar-refractivity contribution < 1.29 is 72.4 Å². The molecule has 10 atom stereocenters. The zero-order valence-electron chi connectivity index (χ0n) is 33.0. The van der Waals surface area contributed by atoms with Crippen LogP contribution in [0.15, 0.2) is 23.8 Å². The number of unbranched alkanes of at least 4 members (excludes halogenated alkanes) is 4. The molecule has 4 heterocycles. The number of cyclic esters (lactones) is 1. The Balaban J connectivity index is 1.69. The first-order valence-electron chi connectivity index (χ1n) is 19.8. The molecular formula is C40H62O15. The lowest BCUT2D eigenvalue weighted by molar-refractivity contribution is -0.327. The van der Waals surface area contributed by atoms with Crippen molar-refractivity contribution in [3.05, 3.63) is 23.8 Å². The number of carbonyl (C=O) groups is 4. The lowest BCUT2D eigenvalue weighted by atomic mass is 9.74. The van der Waals surface area contributed by atoms with Gasteiger partial charge in [0.2, 0.25) is 5.79 Å². The van der Waals surface area contributed by atoms with Crippen molar-refractivity contribution in [3.63, 3.8) is 0 Å². The van der Waals surface area contributed by atoms with E-state index in [1.807, 2.05) is 0 Å². The summed E-state index contributed by atoms with van der Waals surface area (Å²) in [5.41, 5.74) is -1.13. The number of methoxy groups -OCH3 is 1. The largest absolute Gasteiger partial charge is 0.466 e. The number of fused-ring (bicyclic) bond motifs is 6. The van der Waals surface area contributed by atoms with E-state index in [-0.39, 0.29) is 43.5 Å². The van der Waals surface area contributed by atoms with Crippen molar-refractivity contribution in [2.75, 3.05) is 20.3 Å². The summed E-state index contributed by atoms with van der Waals surface area (Å²) in [6.07, 6.45) is 3.13. The smallest absolute Gasteiger partial charge is 0.330 e. The normalized spacial score (nSPS) is 35.8. The maximum atomic E-state index is 13.3. The number of esters is 4. The molecule has 312 valence electrons. The summed E-state index contributed by atoms with van der Waals surface area (Å²) in [6.45, 7) is 6.54. The molecule has 4 aliphatic heterocycles. The van der Waals surface area contributed by atoms with Gasteiger partial charge in [-0.15, -0.1) is 0 Å². The van der Waals surface area contributed by atoms with E-state index in [4.69, 9.17) is 37.9 Å². The van der Waals surface area contributed by atoms with E-state index in [1.54, 1.807) is 26.0 Å². The van der Waals surface area contributed by atoms with Gasteiger partial charge in [-0.1, -0.05) is 52.5 Å². The molecule has 0 amide bonds. The maximum absolute atomic E-state index is 13.3. The minimum atomic E-state index is -2.30. The Bertz CT molecular complexity index is 1350. The number of aliphatic hydroxyl groups is 3. The number of hydrogen-bond acceptors (Lipinski definition) is 15. The van der Waals surface area contributed by atoms with E-state index in [0.29, 0.717) is 38.7 Å². The summed E-state index contributed by atoms with van der Waals surface area (Å²) >= 11 is 0. The SMILES string of the molecule is CCCCCCCC(=O)O[C@H]1/C(=C/C(=O)OC)C[C@H]2C[C@H](CO)OC(=O)C[C@H](O)C[C@@H]3C[C@H](OC(C)=O)C[C@H](C[C@@H]4CCO[C@H](/C=C/C(C)(C)[C@]1(O)O2)O4)O3. The van der Waals surface area contributed by atoms with Crippen LogP contribution in [0.3, 0.4) is 0 Å². The molecule has 3 fully saturated rings. The van der Waals surface area contributed by atoms with Crippen molar-refractivity contribution in [1.82, 2.24) is 0 Å². The third-order valence-electron chi connectivity index (χ3n) is 10.6. The van der Waals surface area contributed by atoms with E-state index in [2.05, 4.69) is 6.92 Å². The highest BCUT2D eigenvalue weighted by molar-refractivity contribution is 5.83. The predicted molar refractivity (Wildman–Crippen MR) is 195 cm³/mol. The van der Waals surface area contributed by atoms with Crippen LogP contribution in [-0.4, -0.2) is 120 Å². The molecule has 0 aromatic carbocycles. The van der Waals surface area contributed by atoms with Crippen LogP contribution in [0.5, 0.6) is 0 Å². The lowest BCUT2D eigenvalue weighted by Gasteiger charge is -2.51. The summed E-state index contributed by atoms with van der Waals surface area (Å²) in [7, 11) is 1.20. The number of rotatable bonds is 10. The number of ether oxygens (including phenoxy) is 8. The highest BCUT2D eigenvalue weighted by Crippen LogP contribution is 2.47. The van der Waals surface area contributed by atoms with Gasteiger partial charge >= 0.3 is 23.9 Å². The van der Waals surface area contributed by atoms with Gasteiger partial charge in [-0.05, 0) is 30.9 Å². The zero-order chi connectivity index (χ0) is 40.2. The topological polar surface area (TPSA) is 203 Å². The third kappa shape index (κ3) is 13.3. The van der Waals surface area contributed by atoms with Crippen LogP contribution in [0.4, 0.5) is 0 Å². The minimum absolute atomic E-state index is 0.0391. The molecule has 15 heteroatoms. The van der Waals surface area contributed by atoms with E-state index >= 15 is 0 Å². The highest BCUT2D eigenvalue weighted by Gasteiger charge is 2.57. The number of aliphatic hydroxyl groups excluding tert-OH is 2. The van der Waals surface area contributed by atoms with Gasteiger partial charge < -0.3 is 53.2 Å². The lowest BCUT2D eigenvalue weighted by Crippen LogP contribution is -2.62. The van der Waals surface area contributed by atoms with Crippen molar-refractivity contribution in [1.29, 1.82) is 0 Å². The highest BCUT2D eigenvalue weighted by atomic mass is 16.7. The molecule has 0 unspecified atom stereocenters. The summed E-state index contributed by atoms with van der Waals surface area (Å²) in [5, 5.41) is 33.9. The molecule has 3 saturated heterocycles. The van der Waals surface area contributed by atoms with Gasteiger partial charge in [-0.25, -0.2) is 4.79 Å². The van der Waals surface area contributed by atoms with E-state index in [1.165, 1.54) is 14.0 Å². The van der Waals surface area contributed by atoms with Gasteiger partial charge in [0, 0.05) is 56.9 Å². The van der Waals surface area contributed by atoms with Crippen LogP contribution < -0.4 is 0 Å². The van der Waals surface area contributed by atoms with Crippen molar-refractivity contribution in [2.45, 2.75) is 178 Å². The molecule has 0 aromatic rings. The number of hydrogen-bond donors (Lipinski definition) is 3. The molecule has 3 N–H and O–H groups in total. The molecular weight excluding hydrogens is 720 g/mol. The maximum Gasteiger partial charge on any atom is 0.330 e. The summed E-state index contributed by atoms with van der Waals surface area (Å²) in [6, 6.07) is 0. The monoisotopic (exact) mass is 782 g/mol. The van der Waals surface area contributed by atoms with Crippen LogP contribution in [0.25, 0.3) is 0 Å². The Morgan fingerprint density at radius 2 is 1.67 bits per heavy atom. The summed E-state index contributed by atoms with van der Waals surface area (Å²) in [4.78, 5) is 51.0. The molecule has 0 aromatic heterocycles. The van der Waals surface area contributed by atoms with Gasteiger partial charge in [0.1, 0.15) is 12.2 Å². The molecule has 0 aliphatic carbocycles. The van der Waals surface area contributed by atoms with Gasteiger partial charge in [-0.2, -0.15) is 0 Å². The summed E-state index contributed by atoms with van der Waals surface area (Å²) in [5.74, 6) is -4.82. The van der Waals surface area contributed by atoms with Gasteiger partial charge in [0.25, 0.3) is 0 Å². The molecule has 4 aliphatic rings. The number of carbonyl (C=O) groups excluding carboxylic acids is 4. The van der Waals surface area contributed by atoms with E-state index < -0.39 is 91.0 Å². The first-order chi connectivity index (χ1) is 26.1. The van der Waals surface area contributed by atoms with Crippen molar-refractivity contribution in [2.24, 2.45) is 5.41 Å². The summed E-state index contributed by atoms with van der Waals surface area (Å²) < 4.78 is 47.0. The Kier molecular flexibility index (Phi) is 17.1. The molecule has 55 heavy (non-hydrogen) atoms. The van der Waals surface area contributed by atoms with Crippen LogP contribution >= 0.6 is 0 Å². The Hall–Kier alpha value is -2.92. The Labute approximate surface area is 324 Å². The average molecular weight is 783 g/mol. The van der Waals surface area contributed by atoms with Crippen LogP contribution in [0, 0.1) is 5.41 Å². The van der Waals surface area contributed by atoms with Crippen LogP contribution in [0.2, 0.25) is 0 Å². The van der Waals surface area contributed by atoms with Gasteiger partial charge in [0.15, 0.2) is 12.4 Å². The second kappa shape index (κ2) is 21.0. The minimum Gasteiger partial charge on any atom is -0.466 e. The van der Waals surface area contributed by atoms with Crippen LogP contribution in [0.1, 0.15) is 118 Å². The molecule has 4 rings (SSSR count). The van der Waals surface area contributed by atoms with Crippen molar-refractivity contribution >= 4 is 23.9 Å². The standard InChI is InChI=1S/C40H62O15/c1-6-7-8-9-10-11-34(44)54-38-26(17-35(45)48-5)16-32-23-33(24-41)52-36(46)19-27(43)18-29-21-30(50-25(2)42)22-31(51-29)20-28-13-15-49-37(53-28)12-14-39(3,4)40(38,47)55-32/h12,14,17,27-33,37-38,41,43,47H,6-11,13,15-16,18-24H2,1-5H3/b14-12+,26-17+/t27-,28+,29-,30+,31+,32+,33-,37+,38+,40-/m1/s1. The van der Waals surface area contributed by atoms with Crippen molar-refractivity contribution in [3.8, 4) is 0 Å². The molecule has 0 saturated carbocycles. The fourth-order valence-corrected chi connectivity index (χ4v) is 7.75. The van der Waals surface area contributed by atoms with Crippen LogP contribution in [-0.2, 0) is 57.1 Å².